The second-order valence-corrected chi connectivity index (χ2v) is 8.11. The molecular weight excluding hydrogens is 479 g/mol. The number of anilines is 2. The SMILES string of the molecule is COC(=O)[C@H]1C[C@@H](NC(=O)c2cnccc2Nc2nc(-c3cc(Cl)ccc3F)ncc2OC)CN1. The molecule has 0 aliphatic carbocycles. The van der Waals surface area contributed by atoms with Crippen molar-refractivity contribution < 1.29 is 23.5 Å². The predicted molar refractivity (Wildman–Crippen MR) is 126 cm³/mol. The van der Waals surface area contributed by atoms with Gasteiger partial charge in [0.05, 0.1) is 37.2 Å². The number of pyridine rings is 1. The van der Waals surface area contributed by atoms with E-state index in [2.05, 4.69) is 30.9 Å². The molecule has 2 atom stereocenters. The fourth-order valence-corrected chi connectivity index (χ4v) is 3.82. The Morgan fingerprint density at radius 3 is 2.83 bits per heavy atom. The summed E-state index contributed by atoms with van der Waals surface area (Å²) in [6, 6.07) is 4.92. The summed E-state index contributed by atoms with van der Waals surface area (Å²) in [4.78, 5) is 37.4. The molecule has 0 bridgehead atoms. The van der Waals surface area contributed by atoms with Gasteiger partial charge in [-0.3, -0.25) is 14.6 Å². The lowest BCUT2D eigenvalue weighted by Crippen LogP contribution is -2.36. The van der Waals surface area contributed by atoms with Crippen LogP contribution in [0.15, 0.2) is 42.9 Å². The number of halogens is 2. The van der Waals surface area contributed by atoms with Crippen LogP contribution in [0.4, 0.5) is 15.9 Å². The number of carbonyl (C=O) groups is 2. The van der Waals surface area contributed by atoms with E-state index < -0.39 is 17.8 Å². The Labute approximate surface area is 205 Å². The normalized spacial score (nSPS) is 17.0. The van der Waals surface area contributed by atoms with Crippen LogP contribution in [0.5, 0.6) is 5.75 Å². The number of nitrogens with zero attached hydrogens (tertiary/aromatic N) is 3. The molecule has 4 rings (SSSR count). The molecule has 1 aromatic carbocycles. The minimum Gasteiger partial charge on any atom is -0.491 e. The van der Waals surface area contributed by atoms with E-state index in [0.717, 1.165) is 0 Å². The highest BCUT2D eigenvalue weighted by Crippen LogP contribution is 2.30. The lowest BCUT2D eigenvalue weighted by molar-refractivity contribution is -0.142. The zero-order valence-electron chi connectivity index (χ0n) is 18.8. The quantitative estimate of drug-likeness (QED) is 0.419. The summed E-state index contributed by atoms with van der Waals surface area (Å²) in [5, 5.41) is 9.30. The van der Waals surface area contributed by atoms with Crippen molar-refractivity contribution >= 4 is 35.0 Å². The molecule has 12 heteroatoms. The molecule has 0 radical (unpaired) electrons. The number of aromatic nitrogens is 3. The maximum Gasteiger partial charge on any atom is 0.322 e. The van der Waals surface area contributed by atoms with Gasteiger partial charge in [0.15, 0.2) is 17.4 Å². The van der Waals surface area contributed by atoms with E-state index in [0.29, 0.717) is 23.7 Å². The molecule has 182 valence electrons. The molecule has 1 amide bonds. The summed E-state index contributed by atoms with van der Waals surface area (Å²) in [6.07, 6.45) is 4.70. The van der Waals surface area contributed by atoms with Crippen molar-refractivity contribution in [2.45, 2.75) is 18.5 Å². The molecule has 3 aromatic rings. The molecule has 2 aromatic heterocycles. The number of ether oxygens (including phenoxy) is 2. The molecule has 1 saturated heterocycles. The Kier molecular flexibility index (Phi) is 7.37. The number of amides is 1. The number of hydrogen-bond donors (Lipinski definition) is 3. The Hall–Kier alpha value is -3.83. The Balaban J connectivity index is 1.58. The van der Waals surface area contributed by atoms with Gasteiger partial charge in [-0.2, -0.15) is 0 Å². The summed E-state index contributed by atoms with van der Waals surface area (Å²) in [5.74, 6) is -0.741. The zero-order chi connectivity index (χ0) is 24.9. The van der Waals surface area contributed by atoms with Gasteiger partial charge < -0.3 is 25.4 Å². The second-order valence-electron chi connectivity index (χ2n) is 7.67. The van der Waals surface area contributed by atoms with E-state index in [1.165, 1.54) is 51.0 Å². The minimum absolute atomic E-state index is 0.0826. The van der Waals surface area contributed by atoms with Crippen molar-refractivity contribution in [3.05, 3.63) is 59.3 Å². The van der Waals surface area contributed by atoms with Crippen LogP contribution in [-0.4, -0.2) is 59.7 Å². The first-order valence-electron chi connectivity index (χ1n) is 10.6. The zero-order valence-corrected chi connectivity index (χ0v) is 19.6. The first-order chi connectivity index (χ1) is 16.9. The maximum atomic E-state index is 14.4. The minimum atomic E-state index is -0.537. The van der Waals surface area contributed by atoms with Crippen LogP contribution in [0.25, 0.3) is 11.4 Å². The van der Waals surface area contributed by atoms with Crippen molar-refractivity contribution in [3.8, 4) is 17.1 Å². The molecule has 1 fully saturated rings. The van der Waals surface area contributed by atoms with Crippen molar-refractivity contribution in [3.63, 3.8) is 0 Å². The number of esters is 1. The average Bonchev–Trinajstić information content (AvgIpc) is 3.33. The van der Waals surface area contributed by atoms with Crippen molar-refractivity contribution in [1.82, 2.24) is 25.6 Å². The van der Waals surface area contributed by atoms with Crippen molar-refractivity contribution in [1.29, 1.82) is 0 Å². The molecule has 35 heavy (non-hydrogen) atoms. The van der Waals surface area contributed by atoms with Gasteiger partial charge in [-0.05, 0) is 30.7 Å². The van der Waals surface area contributed by atoms with Gasteiger partial charge in [0.2, 0.25) is 0 Å². The fraction of sp³-hybridized carbons (Fsp3) is 0.261. The third-order valence-electron chi connectivity index (χ3n) is 5.41. The van der Waals surface area contributed by atoms with Crippen LogP contribution in [-0.2, 0) is 9.53 Å². The van der Waals surface area contributed by atoms with Crippen molar-refractivity contribution in [2.24, 2.45) is 0 Å². The van der Waals surface area contributed by atoms with E-state index in [1.807, 2.05) is 0 Å². The summed E-state index contributed by atoms with van der Waals surface area (Å²) in [7, 11) is 2.76. The van der Waals surface area contributed by atoms with E-state index in [4.69, 9.17) is 21.1 Å². The summed E-state index contributed by atoms with van der Waals surface area (Å²) in [5.41, 5.74) is 0.748. The highest BCUT2D eigenvalue weighted by atomic mass is 35.5. The fourth-order valence-electron chi connectivity index (χ4n) is 3.65. The molecule has 0 unspecified atom stereocenters. The molecule has 1 aliphatic heterocycles. The van der Waals surface area contributed by atoms with Gasteiger partial charge in [0.25, 0.3) is 5.91 Å². The first kappa shape index (κ1) is 24.3. The molecular formula is C23H22ClFN6O4. The first-order valence-corrected chi connectivity index (χ1v) is 11.0. The van der Waals surface area contributed by atoms with Crippen LogP contribution in [0.3, 0.4) is 0 Å². The summed E-state index contributed by atoms with van der Waals surface area (Å²) < 4.78 is 24.5. The van der Waals surface area contributed by atoms with Crippen LogP contribution in [0.1, 0.15) is 16.8 Å². The standard InChI is InChI=1S/C23H22ClFN6O4/c1-34-19-11-28-20(14-7-12(24)3-4-16(14)25)31-21(19)30-17-5-6-26-10-15(17)22(32)29-13-8-18(27-9-13)23(33)35-2/h3-7,10-11,13,18,27H,8-9H2,1-2H3,(H,29,32)(H,26,28,30,31)/t13-,18-/m1/s1. The van der Waals surface area contributed by atoms with Crippen LogP contribution >= 0.6 is 11.6 Å². The Morgan fingerprint density at radius 1 is 1.23 bits per heavy atom. The molecule has 0 spiro atoms. The number of hydrogen-bond acceptors (Lipinski definition) is 9. The lowest BCUT2D eigenvalue weighted by Gasteiger charge is -2.16. The molecule has 0 saturated carbocycles. The number of nitrogens with one attached hydrogen (secondary N) is 3. The average molecular weight is 501 g/mol. The van der Waals surface area contributed by atoms with E-state index in [-0.39, 0.29) is 40.5 Å². The van der Waals surface area contributed by atoms with Crippen molar-refractivity contribution in [2.75, 3.05) is 26.1 Å². The second kappa shape index (κ2) is 10.6. The Bertz CT molecular complexity index is 1260. The van der Waals surface area contributed by atoms with Gasteiger partial charge >= 0.3 is 5.97 Å². The van der Waals surface area contributed by atoms with Gasteiger partial charge in [-0.15, -0.1) is 0 Å². The monoisotopic (exact) mass is 500 g/mol. The lowest BCUT2D eigenvalue weighted by atomic mass is 10.1. The van der Waals surface area contributed by atoms with Gasteiger partial charge in [0, 0.05) is 30.0 Å². The van der Waals surface area contributed by atoms with E-state index in [1.54, 1.807) is 6.07 Å². The number of methoxy groups -OCH3 is 2. The molecule has 1 aliphatic rings. The molecule has 10 nitrogen and oxygen atoms in total. The van der Waals surface area contributed by atoms with E-state index in [9.17, 15) is 14.0 Å². The number of carbonyl (C=O) groups excluding carboxylic acids is 2. The largest absolute Gasteiger partial charge is 0.491 e. The summed E-state index contributed by atoms with van der Waals surface area (Å²) >= 11 is 6.01. The number of rotatable bonds is 7. The third-order valence-corrected chi connectivity index (χ3v) is 5.65. The predicted octanol–water partition coefficient (Wildman–Crippen LogP) is 2.72. The summed E-state index contributed by atoms with van der Waals surface area (Å²) in [6.45, 7) is 0.419. The molecule has 3 heterocycles. The highest BCUT2D eigenvalue weighted by molar-refractivity contribution is 6.30. The van der Waals surface area contributed by atoms with Gasteiger partial charge in [0.1, 0.15) is 11.9 Å². The van der Waals surface area contributed by atoms with Crippen LogP contribution in [0, 0.1) is 5.82 Å². The molecule has 3 N–H and O–H groups in total. The number of benzene rings is 1. The van der Waals surface area contributed by atoms with Gasteiger partial charge in [-0.1, -0.05) is 11.6 Å². The highest BCUT2D eigenvalue weighted by Gasteiger charge is 2.31. The van der Waals surface area contributed by atoms with Crippen LogP contribution in [0.2, 0.25) is 5.02 Å². The third kappa shape index (κ3) is 5.47. The smallest absolute Gasteiger partial charge is 0.322 e. The van der Waals surface area contributed by atoms with Gasteiger partial charge in [-0.25, -0.2) is 14.4 Å². The van der Waals surface area contributed by atoms with Crippen LogP contribution < -0.4 is 20.7 Å². The van der Waals surface area contributed by atoms with E-state index >= 15 is 0 Å². The maximum absolute atomic E-state index is 14.4. The topological polar surface area (TPSA) is 127 Å². The Morgan fingerprint density at radius 2 is 2.06 bits per heavy atom.